The Balaban J connectivity index is 1.23. The third-order valence-corrected chi connectivity index (χ3v) is 8.23. The number of hydrogen-bond acceptors (Lipinski definition) is 3. The zero-order valence-corrected chi connectivity index (χ0v) is 20.2. The van der Waals surface area contributed by atoms with Gasteiger partial charge in [0.05, 0.1) is 17.5 Å². The molecule has 5 nitrogen and oxygen atoms in total. The Morgan fingerprint density at radius 3 is 1.59 bits per heavy atom. The van der Waals surface area contributed by atoms with Gasteiger partial charge in [0.15, 0.2) is 0 Å². The molecule has 1 aliphatic heterocycles. The third-order valence-electron chi connectivity index (χ3n) is 8.23. The third kappa shape index (κ3) is 3.07. The van der Waals surface area contributed by atoms with E-state index >= 15 is 0 Å². The molecule has 0 radical (unpaired) electrons. The van der Waals surface area contributed by atoms with Crippen LogP contribution in [0.5, 0.6) is 0 Å². The van der Waals surface area contributed by atoms with Gasteiger partial charge in [0.25, 0.3) is 5.91 Å². The molecule has 3 amide bonds. The Kier molecular flexibility index (Phi) is 4.70. The molecule has 2 bridgehead atoms. The van der Waals surface area contributed by atoms with Crippen molar-refractivity contribution in [1.82, 2.24) is 0 Å². The normalized spacial score (nSPS) is 22.9. The first kappa shape index (κ1) is 21.7. The number of nitrogens with zero attached hydrogens (tertiary/aromatic N) is 1. The second-order valence-corrected chi connectivity index (χ2v) is 10.1. The fourth-order valence-corrected chi connectivity index (χ4v) is 6.60. The number of benzene rings is 4. The maximum atomic E-state index is 13.9. The van der Waals surface area contributed by atoms with Crippen LogP contribution in [0.15, 0.2) is 97.1 Å². The quantitative estimate of drug-likeness (QED) is 0.383. The summed E-state index contributed by atoms with van der Waals surface area (Å²) >= 11 is 0. The molecule has 3 aliphatic carbocycles. The van der Waals surface area contributed by atoms with E-state index in [-0.39, 0.29) is 29.6 Å². The molecule has 5 heteroatoms. The molecule has 0 saturated carbocycles. The van der Waals surface area contributed by atoms with E-state index in [1.165, 1.54) is 4.90 Å². The van der Waals surface area contributed by atoms with Crippen molar-refractivity contribution in [1.29, 1.82) is 0 Å². The van der Waals surface area contributed by atoms with Crippen molar-refractivity contribution in [2.75, 3.05) is 10.2 Å². The summed E-state index contributed by atoms with van der Waals surface area (Å²) in [5, 5.41) is 2.93. The number of aryl methyl sites for hydroxylation is 1. The fourth-order valence-electron chi connectivity index (χ4n) is 6.60. The van der Waals surface area contributed by atoms with E-state index in [9.17, 15) is 14.4 Å². The van der Waals surface area contributed by atoms with Gasteiger partial charge >= 0.3 is 0 Å². The maximum Gasteiger partial charge on any atom is 0.255 e. The van der Waals surface area contributed by atoms with Crippen LogP contribution in [0.2, 0.25) is 0 Å². The zero-order valence-electron chi connectivity index (χ0n) is 20.2. The SMILES string of the molecule is Cc1ccccc1NC(=O)c1ccc(N2C(=O)[C@H]3C4c5ccccc5C(c5ccccc54)[C@@H]3C2=O)cc1. The molecule has 2 atom stereocenters. The summed E-state index contributed by atoms with van der Waals surface area (Å²) in [6.45, 7) is 1.94. The first-order valence-corrected chi connectivity index (χ1v) is 12.6. The molecule has 0 unspecified atom stereocenters. The van der Waals surface area contributed by atoms with E-state index in [1.807, 2.05) is 55.5 Å². The van der Waals surface area contributed by atoms with Crippen LogP contribution < -0.4 is 10.2 Å². The summed E-state index contributed by atoms with van der Waals surface area (Å²) in [4.78, 5) is 41.9. The highest BCUT2D eigenvalue weighted by molar-refractivity contribution is 6.23. The summed E-state index contributed by atoms with van der Waals surface area (Å²) in [5.41, 5.74) is 7.29. The van der Waals surface area contributed by atoms with Gasteiger partial charge in [-0.3, -0.25) is 14.4 Å². The first-order chi connectivity index (χ1) is 18.0. The van der Waals surface area contributed by atoms with Crippen LogP contribution in [-0.4, -0.2) is 17.7 Å². The molecular weight excluding hydrogens is 460 g/mol. The average molecular weight is 485 g/mol. The van der Waals surface area contributed by atoms with Crippen molar-refractivity contribution in [3.63, 3.8) is 0 Å². The highest BCUT2D eigenvalue weighted by Gasteiger charge is 2.61. The van der Waals surface area contributed by atoms with E-state index in [4.69, 9.17) is 0 Å². The zero-order chi connectivity index (χ0) is 25.3. The van der Waals surface area contributed by atoms with Crippen molar-refractivity contribution < 1.29 is 14.4 Å². The second kappa shape index (κ2) is 8.00. The number of anilines is 2. The highest BCUT2D eigenvalue weighted by atomic mass is 16.2. The van der Waals surface area contributed by atoms with Crippen molar-refractivity contribution in [2.45, 2.75) is 18.8 Å². The molecule has 1 saturated heterocycles. The number of para-hydroxylation sites is 1. The molecule has 8 rings (SSSR count). The Morgan fingerprint density at radius 1 is 0.649 bits per heavy atom. The van der Waals surface area contributed by atoms with Gasteiger partial charge in [-0.2, -0.15) is 0 Å². The fraction of sp³-hybridized carbons (Fsp3) is 0.156. The van der Waals surface area contributed by atoms with E-state index in [0.29, 0.717) is 11.3 Å². The molecule has 4 aromatic rings. The minimum absolute atomic E-state index is 0.136. The summed E-state index contributed by atoms with van der Waals surface area (Å²) < 4.78 is 0. The number of imide groups is 1. The van der Waals surface area contributed by atoms with Gasteiger partial charge in [0.1, 0.15) is 0 Å². The van der Waals surface area contributed by atoms with E-state index < -0.39 is 11.8 Å². The number of amides is 3. The molecule has 1 fully saturated rings. The predicted octanol–water partition coefficient (Wildman–Crippen LogP) is 5.64. The Labute approximate surface area is 214 Å². The molecule has 180 valence electrons. The molecule has 1 heterocycles. The number of rotatable bonds is 3. The summed E-state index contributed by atoms with van der Waals surface area (Å²) in [7, 11) is 0. The minimum Gasteiger partial charge on any atom is -0.322 e. The Bertz CT molecular complexity index is 1490. The van der Waals surface area contributed by atoms with Gasteiger partial charge in [-0.25, -0.2) is 4.90 Å². The van der Waals surface area contributed by atoms with Crippen LogP contribution >= 0.6 is 0 Å². The average Bonchev–Trinajstić information content (AvgIpc) is 3.20. The van der Waals surface area contributed by atoms with Crippen molar-refractivity contribution in [3.05, 3.63) is 130 Å². The summed E-state index contributed by atoms with van der Waals surface area (Å²) in [6, 6.07) is 30.8. The smallest absolute Gasteiger partial charge is 0.255 e. The largest absolute Gasteiger partial charge is 0.322 e. The summed E-state index contributed by atoms with van der Waals surface area (Å²) in [5.74, 6) is -1.68. The van der Waals surface area contributed by atoms with Crippen LogP contribution in [0.4, 0.5) is 11.4 Å². The van der Waals surface area contributed by atoms with Crippen molar-refractivity contribution in [3.8, 4) is 0 Å². The molecule has 0 aromatic heterocycles. The van der Waals surface area contributed by atoms with Crippen LogP contribution in [0, 0.1) is 18.8 Å². The number of nitrogens with one attached hydrogen (secondary N) is 1. The van der Waals surface area contributed by atoms with Crippen molar-refractivity contribution >= 4 is 29.1 Å². The number of carbonyl (C=O) groups excluding carboxylic acids is 3. The van der Waals surface area contributed by atoms with Gasteiger partial charge in [0.2, 0.25) is 11.8 Å². The second-order valence-electron chi connectivity index (χ2n) is 10.1. The number of hydrogen-bond donors (Lipinski definition) is 1. The highest BCUT2D eigenvalue weighted by Crippen LogP contribution is 2.61. The lowest BCUT2D eigenvalue weighted by molar-refractivity contribution is -0.122. The monoisotopic (exact) mass is 484 g/mol. The molecule has 4 aliphatic rings. The lowest BCUT2D eigenvalue weighted by Gasteiger charge is -2.45. The molecule has 0 spiro atoms. The molecule has 1 N–H and O–H groups in total. The Hall–Kier alpha value is -4.51. The van der Waals surface area contributed by atoms with Gasteiger partial charge in [0, 0.05) is 23.1 Å². The van der Waals surface area contributed by atoms with Gasteiger partial charge < -0.3 is 5.32 Å². The molecule has 37 heavy (non-hydrogen) atoms. The minimum atomic E-state index is -0.425. The lowest BCUT2D eigenvalue weighted by atomic mass is 9.55. The summed E-state index contributed by atoms with van der Waals surface area (Å²) in [6.07, 6.45) is 0. The first-order valence-electron chi connectivity index (χ1n) is 12.6. The van der Waals surface area contributed by atoms with Crippen LogP contribution in [-0.2, 0) is 9.59 Å². The van der Waals surface area contributed by atoms with Gasteiger partial charge in [-0.15, -0.1) is 0 Å². The van der Waals surface area contributed by atoms with E-state index in [0.717, 1.165) is 33.5 Å². The lowest BCUT2D eigenvalue weighted by Crippen LogP contribution is -2.41. The maximum absolute atomic E-state index is 13.9. The van der Waals surface area contributed by atoms with Crippen molar-refractivity contribution in [2.24, 2.45) is 11.8 Å². The van der Waals surface area contributed by atoms with Crippen LogP contribution in [0.1, 0.15) is 50.0 Å². The molecule has 4 aromatic carbocycles. The topological polar surface area (TPSA) is 66.5 Å². The van der Waals surface area contributed by atoms with Crippen LogP contribution in [0.3, 0.4) is 0 Å². The number of carbonyl (C=O) groups is 3. The van der Waals surface area contributed by atoms with Gasteiger partial charge in [-0.1, -0.05) is 66.7 Å². The predicted molar refractivity (Wildman–Crippen MR) is 142 cm³/mol. The van der Waals surface area contributed by atoms with E-state index in [2.05, 4.69) is 29.6 Å². The van der Waals surface area contributed by atoms with Crippen LogP contribution in [0.25, 0.3) is 0 Å². The standard InChI is InChI=1S/C32H24N2O3/c1-18-8-2-7-13-25(18)33-30(35)19-14-16-20(17-15-19)34-31(36)28-26-21-9-3-4-10-22(21)27(29(28)32(34)37)24-12-6-5-11-23(24)26/h2-17,26-29H,1H3,(H,33,35)/t26?,27?,28-,29-/m0/s1. The van der Waals surface area contributed by atoms with E-state index in [1.54, 1.807) is 24.3 Å². The Morgan fingerprint density at radius 2 is 1.11 bits per heavy atom. The molecular formula is C32H24N2O3. The van der Waals surface area contributed by atoms with Gasteiger partial charge in [-0.05, 0) is 65.1 Å².